The van der Waals surface area contributed by atoms with Gasteiger partial charge in [0.05, 0.1) is 0 Å². The Morgan fingerprint density at radius 3 is 2.95 bits per heavy atom. The largest absolute Gasteiger partial charge is 0.478 e. The van der Waals surface area contributed by atoms with Crippen LogP contribution in [0.4, 0.5) is 0 Å². The van der Waals surface area contributed by atoms with Crippen LogP contribution in [0, 0.1) is 0 Å². The van der Waals surface area contributed by atoms with Gasteiger partial charge in [-0.2, -0.15) is 11.8 Å². The molecule has 112 valence electrons. The zero-order valence-corrected chi connectivity index (χ0v) is 12.8. The summed E-state index contributed by atoms with van der Waals surface area (Å²) in [6, 6.07) is 3.53. The van der Waals surface area contributed by atoms with Crippen molar-refractivity contribution in [3.63, 3.8) is 0 Å². The number of hydrogen-bond acceptors (Lipinski definition) is 4. The highest BCUT2D eigenvalue weighted by atomic mass is 32.2. The maximum absolute atomic E-state index is 12.7. The van der Waals surface area contributed by atoms with Crippen molar-refractivity contribution in [3.8, 4) is 0 Å². The highest BCUT2D eigenvalue weighted by Crippen LogP contribution is 2.26. The lowest BCUT2D eigenvalue weighted by Gasteiger charge is -2.37. The first-order chi connectivity index (χ1) is 10.0. The van der Waals surface area contributed by atoms with Gasteiger partial charge in [0.2, 0.25) is 0 Å². The third kappa shape index (κ3) is 3.64. The van der Waals surface area contributed by atoms with E-state index in [0.717, 1.165) is 11.8 Å². The van der Waals surface area contributed by atoms with E-state index < -0.39 is 5.97 Å². The van der Waals surface area contributed by atoms with Crippen molar-refractivity contribution in [1.29, 1.82) is 0 Å². The molecule has 1 saturated heterocycles. The van der Waals surface area contributed by atoms with Crippen LogP contribution in [0.15, 0.2) is 24.4 Å². The summed E-state index contributed by atoms with van der Waals surface area (Å²) < 4.78 is 0. The topological polar surface area (TPSA) is 70.5 Å². The van der Waals surface area contributed by atoms with Crippen LogP contribution in [-0.2, 0) is 4.79 Å². The molecule has 0 bridgehead atoms. The van der Waals surface area contributed by atoms with E-state index in [4.69, 9.17) is 5.11 Å². The Hall–Kier alpha value is -1.82. The highest BCUT2D eigenvalue weighted by Gasteiger charge is 2.30. The molecule has 1 aliphatic rings. The fourth-order valence-corrected chi connectivity index (χ4v) is 3.35. The van der Waals surface area contributed by atoms with Crippen molar-refractivity contribution in [2.75, 3.05) is 12.3 Å². The third-order valence-electron chi connectivity index (χ3n) is 3.59. The second-order valence-corrected chi connectivity index (χ2v) is 6.41. The molecule has 1 aliphatic heterocycles. The Morgan fingerprint density at radius 2 is 2.24 bits per heavy atom. The number of carboxylic acid groups (broad SMARTS) is 1. The second-order valence-electron chi connectivity index (χ2n) is 4.93. The van der Waals surface area contributed by atoms with Gasteiger partial charge in [-0.3, -0.25) is 9.78 Å². The van der Waals surface area contributed by atoms with Gasteiger partial charge in [0.1, 0.15) is 5.69 Å². The summed E-state index contributed by atoms with van der Waals surface area (Å²) in [5.41, 5.74) is 0.837. The predicted molar refractivity (Wildman–Crippen MR) is 83.3 cm³/mol. The van der Waals surface area contributed by atoms with Crippen LogP contribution in [0.2, 0.25) is 0 Å². The zero-order valence-electron chi connectivity index (χ0n) is 12.0. The Balaban J connectivity index is 2.28. The lowest BCUT2D eigenvalue weighted by atomic mass is 10.1. The van der Waals surface area contributed by atoms with E-state index in [2.05, 4.69) is 11.9 Å². The quantitative estimate of drug-likeness (QED) is 0.866. The van der Waals surface area contributed by atoms with Crippen LogP contribution < -0.4 is 0 Å². The first-order valence-electron chi connectivity index (χ1n) is 6.79. The summed E-state index contributed by atoms with van der Waals surface area (Å²) in [5.74, 6) is -0.279. The molecule has 1 aromatic rings. The Morgan fingerprint density at radius 1 is 1.48 bits per heavy atom. The number of amides is 1. The summed E-state index contributed by atoms with van der Waals surface area (Å²) in [6.07, 6.45) is 3.99. The fraction of sp³-hybridized carbons (Fsp3) is 0.400. The van der Waals surface area contributed by atoms with Gasteiger partial charge in [0, 0.05) is 41.4 Å². The van der Waals surface area contributed by atoms with Gasteiger partial charge >= 0.3 is 5.97 Å². The van der Waals surface area contributed by atoms with Crippen LogP contribution in [0.5, 0.6) is 0 Å². The van der Waals surface area contributed by atoms with Gasteiger partial charge in [-0.15, -0.1) is 0 Å². The van der Waals surface area contributed by atoms with Crippen LogP contribution in [-0.4, -0.2) is 50.5 Å². The van der Waals surface area contributed by atoms with Gasteiger partial charge in [0.15, 0.2) is 0 Å². The Bertz CT molecular complexity index is 574. The van der Waals surface area contributed by atoms with Crippen molar-refractivity contribution in [2.24, 2.45) is 0 Å². The summed E-state index contributed by atoms with van der Waals surface area (Å²) in [7, 11) is 0. The molecule has 1 fully saturated rings. The standard InChI is InChI=1S/C15H18N2O3S/c1-10-11(2)21-9-8-17(10)15(20)14-12(4-3-7-16-14)5-6-13(18)19/h3-7,10-11H,8-9H2,1-2H3,(H,18,19)/b6-5+. The maximum atomic E-state index is 12.7. The number of nitrogens with zero attached hydrogens (tertiary/aromatic N) is 2. The maximum Gasteiger partial charge on any atom is 0.328 e. The number of carbonyl (C=O) groups excluding carboxylic acids is 1. The second kappa shape index (κ2) is 6.76. The minimum Gasteiger partial charge on any atom is -0.478 e. The summed E-state index contributed by atoms with van der Waals surface area (Å²) in [6.45, 7) is 4.83. The average Bonchev–Trinajstić information content (AvgIpc) is 2.47. The summed E-state index contributed by atoms with van der Waals surface area (Å²) >= 11 is 1.85. The molecule has 1 amide bonds. The third-order valence-corrected chi connectivity index (χ3v) is 4.93. The number of carboxylic acids is 1. The SMILES string of the molecule is CC1SCCN(C(=O)c2ncccc2/C=C/C(=O)O)C1C. The van der Waals surface area contributed by atoms with E-state index in [1.54, 1.807) is 18.3 Å². The van der Waals surface area contributed by atoms with Crippen molar-refractivity contribution < 1.29 is 14.7 Å². The molecule has 0 spiro atoms. The molecule has 2 atom stereocenters. The molecule has 2 heterocycles. The van der Waals surface area contributed by atoms with Gasteiger partial charge in [-0.25, -0.2) is 4.79 Å². The van der Waals surface area contributed by atoms with Gasteiger partial charge in [-0.05, 0) is 19.1 Å². The normalized spacial score (nSPS) is 22.5. The average molecular weight is 306 g/mol. The molecular weight excluding hydrogens is 288 g/mol. The molecule has 21 heavy (non-hydrogen) atoms. The van der Waals surface area contributed by atoms with Crippen molar-refractivity contribution in [3.05, 3.63) is 35.7 Å². The smallest absolute Gasteiger partial charge is 0.328 e. The minimum atomic E-state index is -1.05. The summed E-state index contributed by atoms with van der Waals surface area (Å²) in [5, 5.41) is 9.10. The van der Waals surface area contributed by atoms with Crippen LogP contribution in [0.25, 0.3) is 6.08 Å². The number of rotatable bonds is 3. The Labute approximate surface area is 128 Å². The molecule has 6 heteroatoms. The van der Waals surface area contributed by atoms with E-state index in [1.165, 1.54) is 6.08 Å². The molecule has 0 radical (unpaired) electrons. The summed E-state index contributed by atoms with van der Waals surface area (Å²) in [4.78, 5) is 29.3. The van der Waals surface area contributed by atoms with Crippen LogP contribution in [0.3, 0.4) is 0 Å². The molecule has 1 aromatic heterocycles. The molecule has 2 rings (SSSR count). The van der Waals surface area contributed by atoms with Crippen molar-refractivity contribution in [1.82, 2.24) is 9.88 Å². The number of hydrogen-bond donors (Lipinski definition) is 1. The van der Waals surface area contributed by atoms with Gasteiger partial charge in [-0.1, -0.05) is 13.0 Å². The molecule has 1 N–H and O–H groups in total. The fourth-order valence-electron chi connectivity index (χ4n) is 2.25. The molecule has 2 unspecified atom stereocenters. The predicted octanol–water partition coefficient (Wildman–Crippen LogP) is 2.15. The molecule has 5 nitrogen and oxygen atoms in total. The van der Waals surface area contributed by atoms with Gasteiger partial charge in [0.25, 0.3) is 5.91 Å². The lowest BCUT2D eigenvalue weighted by Crippen LogP contribution is -2.48. The van der Waals surface area contributed by atoms with E-state index in [0.29, 0.717) is 23.1 Å². The number of aromatic nitrogens is 1. The van der Waals surface area contributed by atoms with E-state index >= 15 is 0 Å². The van der Waals surface area contributed by atoms with Crippen LogP contribution in [0.1, 0.15) is 29.9 Å². The van der Waals surface area contributed by atoms with E-state index in [1.807, 2.05) is 23.6 Å². The molecule has 0 aliphatic carbocycles. The lowest BCUT2D eigenvalue weighted by molar-refractivity contribution is -0.131. The number of thioether (sulfide) groups is 1. The monoisotopic (exact) mass is 306 g/mol. The van der Waals surface area contributed by atoms with E-state index in [-0.39, 0.29) is 11.9 Å². The number of pyridine rings is 1. The first kappa shape index (κ1) is 15.6. The molecule has 0 aromatic carbocycles. The van der Waals surface area contributed by atoms with Crippen molar-refractivity contribution >= 4 is 29.7 Å². The zero-order chi connectivity index (χ0) is 15.4. The molecular formula is C15H18N2O3S. The van der Waals surface area contributed by atoms with E-state index in [9.17, 15) is 9.59 Å². The van der Waals surface area contributed by atoms with Gasteiger partial charge < -0.3 is 10.0 Å². The highest BCUT2D eigenvalue weighted by molar-refractivity contribution is 8.00. The molecule has 0 saturated carbocycles. The minimum absolute atomic E-state index is 0.134. The number of carbonyl (C=O) groups is 2. The van der Waals surface area contributed by atoms with Crippen LogP contribution >= 0.6 is 11.8 Å². The Kier molecular flexibility index (Phi) is 5.01. The van der Waals surface area contributed by atoms with Crippen molar-refractivity contribution in [2.45, 2.75) is 25.1 Å². The first-order valence-corrected chi connectivity index (χ1v) is 7.84. The number of aliphatic carboxylic acids is 1.